The molecule has 2 aromatic rings. The fourth-order valence-corrected chi connectivity index (χ4v) is 1.90. The van der Waals surface area contributed by atoms with Gasteiger partial charge in [0, 0.05) is 18.8 Å². The van der Waals surface area contributed by atoms with Crippen LogP contribution in [0.1, 0.15) is 18.1 Å². The summed E-state index contributed by atoms with van der Waals surface area (Å²) in [4.78, 5) is 2.36. The van der Waals surface area contributed by atoms with Gasteiger partial charge in [-0.25, -0.2) is 0 Å². The van der Waals surface area contributed by atoms with Crippen LogP contribution in [0.2, 0.25) is 0 Å². The molecule has 0 bridgehead atoms. The summed E-state index contributed by atoms with van der Waals surface area (Å²) in [6.45, 7) is 8.05. The van der Waals surface area contributed by atoms with Crippen LogP contribution >= 0.6 is 0 Å². The van der Waals surface area contributed by atoms with Crippen LogP contribution in [0.15, 0.2) is 54.6 Å². The molecule has 0 atom stereocenters. The number of rotatable bonds is 4. The Morgan fingerprint density at radius 2 is 1.59 bits per heavy atom. The fourth-order valence-electron chi connectivity index (χ4n) is 1.90. The minimum Gasteiger partial charge on any atom is -0.367 e. The van der Waals surface area contributed by atoms with E-state index in [1.165, 1.54) is 11.3 Å². The van der Waals surface area contributed by atoms with E-state index < -0.39 is 0 Å². The van der Waals surface area contributed by atoms with Crippen molar-refractivity contribution in [2.45, 2.75) is 13.5 Å². The van der Waals surface area contributed by atoms with Crippen LogP contribution in [-0.4, -0.2) is 6.54 Å². The summed E-state index contributed by atoms with van der Waals surface area (Å²) < 4.78 is 0. The van der Waals surface area contributed by atoms with Gasteiger partial charge in [-0.15, -0.1) is 0 Å². The van der Waals surface area contributed by atoms with Crippen molar-refractivity contribution in [1.82, 2.24) is 0 Å². The van der Waals surface area contributed by atoms with Crippen LogP contribution in [0, 0.1) is 6.92 Å². The topological polar surface area (TPSA) is 3.24 Å². The van der Waals surface area contributed by atoms with E-state index >= 15 is 0 Å². The smallest absolute Gasteiger partial charge is 0.0429 e. The van der Waals surface area contributed by atoms with Crippen molar-refractivity contribution in [3.05, 3.63) is 72.6 Å². The Morgan fingerprint density at radius 3 is 2.18 bits per heavy atom. The molecule has 0 saturated heterocycles. The zero-order valence-electron chi connectivity index (χ0n) is 10.3. The van der Waals surface area contributed by atoms with E-state index in [9.17, 15) is 0 Å². The van der Waals surface area contributed by atoms with Gasteiger partial charge < -0.3 is 4.90 Å². The normalized spacial score (nSPS) is 10.2. The quantitative estimate of drug-likeness (QED) is 0.761. The van der Waals surface area contributed by atoms with E-state index in [0.717, 1.165) is 18.7 Å². The van der Waals surface area contributed by atoms with Crippen LogP contribution in [0.3, 0.4) is 0 Å². The third-order valence-electron chi connectivity index (χ3n) is 2.90. The molecule has 1 nitrogen and oxygen atoms in total. The minimum absolute atomic E-state index is 0.952. The highest BCUT2D eigenvalue weighted by molar-refractivity contribution is 5.48. The van der Waals surface area contributed by atoms with Gasteiger partial charge in [0.25, 0.3) is 0 Å². The second-order valence-electron chi connectivity index (χ2n) is 4.17. The number of hydrogen-bond donors (Lipinski definition) is 0. The maximum atomic E-state index is 3.91. The summed E-state index contributed by atoms with van der Waals surface area (Å²) in [6, 6.07) is 18.9. The van der Waals surface area contributed by atoms with Crippen molar-refractivity contribution in [3.63, 3.8) is 0 Å². The number of hydrogen-bond acceptors (Lipinski definition) is 1. The van der Waals surface area contributed by atoms with Crippen LogP contribution < -0.4 is 4.90 Å². The van der Waals surface area contributed by atoms with Crippen LogP contribution in [0.4, 0.5) is 5.69 Å². The molecule has 0 saturated carbocycles. The van der Waals surface area contributed by atoms with Gasteiger partial charge in [-0.1, -0.05) is 42.5 Å². The molecule has 0 spiro atoms. The van der Waals surface area contributed by atoms with E-state index in [1.54, 1.807) is 0 Å². The molecular formula is C16H18N. The average Bonchev–Trinajstić information content (AvgIpc) is 2.38. The van der Waals surface area contributed by atoms with Crippen molar-refractivity contribution in [1.29, 1.82) is 0 Å². The summed E-state index contributed by atoms with van der Waals surface area (Å²) in [6.07, 6.45) is 0. The third kappa shape index (κ3) is 3.10. The maximum Gasteiger partial charge on any atom is 0.0429 e. The monoisotopic (exact) mass is 224 g/mol. The molecule has 17 heavy (non-hydrogen) atoms. The summed E-state index contributed by atoms with van der Waals surface area (Å²) in [5.74, 6) is 0. The highest BCUT2D eigenvalue weighted by Gasteiger charge is 2.04. The molecule has 0 fully saturated rings. The van der Waals surface area contributed by atoms with Gasteiger partial charge in [-0.05, 0) is 37.1 Å². The van der Waals surface area contributed by atoms with E-state index in [4.69, 9.17) is 0 Å². The second-order valence-corrected chi connectivity index (χ2v) is 4.17. The standard InChI is InChI=1S/C16H18N/c1-3-17(13-15-7-5-4-6-8-15)16-11-9-14(2)10-12-16/h4-12H,2-3,13H2,1H3. The Labute approximate surface area is 104 Å². The molecule has 0 unspecified atom stereocenters. The first-order valence-corrected chi connectivity index (χ1v) is 6.00. The zero-order chi connectivity index (χ0) is 12.1. The molecule has 2 rings (SSSR count). The molecule has 1 radical (unpaired) electrons. The third-order valence-corrected chi connectivity index (χ3v) is 2.90. The average molecular weight is 224 g/mol. The Morgan fingerprint density at radius 1 is 0.941 bits per heavy atom. The van der Waals surface area contributed by atoms with Crippen molar-refractivity contribution < 1.29 is 0 Å². The van der Waals surface area contributed by atoms with Gasteiger partial charge >= 0.3 is 0 Å². The Kier molecular flexibility index (Phi) is 3.81. The Balaban J connectivity index is 2.14. The summed E-state index contributed by atoms with van der Waals surface area (Å²) >= 11 is 0. The van der Waals surface area contributed by atoms with E-state index in [-0.39, 0.29) is 0 Å². The summed E-state index contributed by atoms with van der Waals surface area (Å²) in [7, 11) is 0. The van der Waals surface area contributed by atoms with Crippen LogP contribution in [0.25, 0.3) is 0 Å². The van der Waals surface area contributed by atoms with Crippen molar-refractivity contribution in [3.8, 4) is 0 Å². The van der Waals surface area contributed by atoms with Crippen molar-refractivity contribution >= 4 is 5.69 Å². The first kappa shape index (κ1) is 11.7. The maximum absolute atomic E-state index is 3.91. The predicted molar refractivity (Wildman–Crippen MR) is 74.1 cm³/mol. The molecule has 0 amide bonds. The number of benzene rings is 2. The van der Waals surface area contributed by atoms with Gasteiger partial charge in [-0.2, -0.15) is 0 Å². The highest BCUT2D eigenvalue weighted by Crippen LogP contribution is 2.17. The molecule has 0 aliphatic rings. The van der Waals surface area contributed by atoms with Crippen molar-refractivity contribution in [2.24, 2.45) is 0 Å². The predicted octanol–water partition coefficient (Wildman–Crippen LogP) is 3.90. The molecule has 2 aromatic carbocycles. The second kappa shape index (κ2) is 5.53. The lowest BCUT2D eigenvalue weighted by Crippen LogP contribution is -2.21. The minimum atomic E-state index is 0.952. The van der Waals surface area contributed by atoms with Crippen LogP contribution in [0.5, 0.6) is 0 Å². The lowest BCUT2D eigenvalue weighted by molar-refractivity contribution is 0.832. The lowest BCUT2D eigenvalue weighted by Gasteiger charge is -2.23. The highest BCUT2D eigenvalue weighted by atomic mass is 15.1. The van der Waals surface area contributed by atoms with Gasteiger partial charge in [0.1, 0.15) is 0 Å². The molecule has 0 aliphatic heterocycles. The first-order valence-electron chi connectivity index (χ1n) is 6.00. The van der Waals surface area contributed by atoms with E-state index in [0.29, 0.717) is 0 Å². The fraction of sp³-hybridized carbons (Fsp3) is 0.188. The molecule has 0 heterocycles. The van der Waals surface area contributed by atoms with Gasteiger partial charge in [0.2, 0.25) is 0 Å². The lowest BCUT2D eigenvalue weighted by atomic mass is 10.1. The Bertz CT molecular complexity index is 445. The van der Waals surface area contributed by atoms with E-state index in [2.05, 4.69) is 73.3 Å². The van der Waals surface area contributed by atoms with Crippen molar-refractivity contribution in [2.75, 3.05) is 11.4 Å². The molecule has 1 heteroatoms. The molecule has 0 aromatic heterocycles. The number of nitrogens with zero attached hydrogens (tertiary/aromatic N) is 1. The Hall–Kier alpha value is -1.76. The molecular weight excluding hydrogens is 206 g/mol. The SMILES string of the molecule is [CH2]c1ccc(N(CC)Cc2ccccc2)cc1. The largest absolute Gasteiger partial charge is 0.367 e. The molecule has 0 N–H and O–H groups in total. The van der Waals surface area contributed by atoms with Gasteiger partial charge in [-0.3, -0.25) is 0 Å². The molecule has 87 valence electrons. The first-order chi connectivity index (χ1) is 8.29. The number of anilines is 1. The summed E-state index contributed by atoms with van der Waals surface area (Å²) in [5, 5.41) is 0. The van der Waals surface area contributed by atoms with Crippen LogP contribution in [-0.2, 0) is 6.54 Å². The van der Waals surface area contributed by atoms with E-state index in [1.807, 2.05) is 0 Å². The van der Waals surface area contributed by atoms with Gasteiger partial charge in [0.15, 0.2) is 0 Å². The van der Waals surface area contributed by atoms with Gasteiger partial charge in [0.05, 0.1) is 0 Å². The molecule has 0 aliphatic carbocycles. The zero-order valence-corrected chi connectivity index (χ0v) is 10.3. The summed E-state index contributed by atoms with van der Waals surface area (Å²) in [5.41, 5.74) is 3.65.